The molecule has 1 aromatic carbocycles. The first kappa shape index (κ1) is 30.3. The molecular weight excluding hydrogens is 534 g/mol. The van der Waals surface area contributed by atoms with Gasteiger partial charge < -0.3 is 14.2 Å². The summed E-state index contributed by atoms with van der Waals surface area (Å²) in [6, 6.07) is 8.74. The van der Waals surface area contributed by atoms with Crippen molar-refractivity contribution in [2.45, 2.75) is 39.9 Å². The second kappa shape index (κ2) is 12.7. The normalized spacial score (nSPS) is 13.2. The number of pyridine rings is 1. The minimum atomic E-state index is -4.06. The van der Waals surface area contributed by atoms with E-state index in [0.29, 0.717) is 34.6 Å². The number of nitrogens with zero attached hydrogens (tertiary/aromatic N) is 6. The number of hydrogen-bond donors (Lipinski definition) is 1. The number of methoxy groups -OCH3 is 3. The summed E-state index contributed by atoms with van der Waals surface area (Å²) in [5.41, 5.74) is 2.57. The SMILES string of the molecule is C=N/C(=N\C=C(C)C)[C@@H](C)[C@H](C)S(=O)(=O)Nc1nnc(-c2cc(C)cc(OC)n2)n1-c1c(OC)cccc1OC. The summed E-state index contributed by atoms with van der Waals surface area (Å²) >= 11 is 0. The molecule has 12 nitrogen and oxygen atoms in total. The molecule has 0 unspecified atom stereocenters. The number of aromatic nitrogens is 4. The molecule has 0 bridgehead atoms. The minimum absolute atomic E-state index is 0.0894. The van der Waals surface area contributed by atoms with Gasteiger partial charge in [0.25, 0.3) is 0 Å². The number of benzene rings is 1. The molecule has 0 spiro atoms. The number of amidine groups is 1. The zero-order valence-corrected chi connectivity index (χ0v) is 24.8. The molecule has 3 aromatic rings. The van der Waals surface area contributed by atoms with Crippen LogP contribution in [0.3, 0.4) is 0 Å². The van der Waals surface area contributed by atoms with E-state index in [-0.39, 0.29) is 11.8 Å². The largest absolute Gasteiger partial charge is 0.494 e. The van der Waals surface area contributed by atoms with Crippen molar-refractivity contribution < 1.29 is 22.6 Å². The molecular formula is C27H35N7O5S. The van der Waals surface area contributed by atoms with Crippen LogP contribution in [-0.2, 0) is 10.0 Å². The van der Waals surface area contributed by atoms with Crippen molar-refractivity contribution in [3.63, 3.8) is 0 Å². The first-order valence-corrected chi connectivity index (χ1v) is 13.9. The molecule has 13 heteroatoms. The quantitative estimate of drug-likeness (QED) is 0.264. The molecule has 2 atom stereocenters. The molecule has 0 radical (unpaired) electrons. The van der Waals surface area contributed by atoms with Crippen LogP contribution in [0.2, 0.25) is 0 Å². The molecule has 0 saturated carbocycles. The van der Waals surface area contributed by atoms with Crippen molar-refractivity contribution in [1.82, 2.24) is 19.7 Å². The Kier molecular flexibility index (Phi) is 9.64. The highest BCUT2D eigenvalue weighted by Crippen LogP contribution is 2.38. The number of ether oxygens (including phenoxy) is 3. The number of para-hydroxylation sites is 1. The summed E-state index contributed by atoms with van der Waals surface area (Å²) in [7, 11) is 0.453. The summed E-state index contributed by atoms with van der Waals surface area (Å²) in [5.74, 6) is 1.01. The number of nitrogens with one attached hydrogen (secondary N) is 1. The van der Waals surface area contributed by atoms with Crippen LogP contribution in [0.4, 0.5) is 5.95 Å². The van der Waals surface area contributed by atoms with Crippen molar-refractivity contribution in [2.75, 3.05) is 26.1 Å². The van der Waals surface area contributed by atoms with Crippen LogP contribution in [0.5, 0.6) is 17.4 Å². The molecule has 0 fully saturated rings. The predicted octanol–water partition coefficient (Wildman–Crippen LogP) is 4.45. The maximum Gasteiger partial charge on any atom is 0.243 e. The third-order valence-electron chi connectivity index (χ3n) is 6.12. The number of sulfonamides is 1. The van der Waals surface area contributed by atoms with Gasteiger partial charge in [0.1, 0.15) is 28.7 Å². The lowest BCUT2D eigenvalue weighted by Crippen LogP contribution is -2.35. The highest BCUT2D eigenvalue weighted by atomic mass is 32.2. The van der Waals surface area contributed by atoms with E-state index in [1.165, 1.54) is 25.9 Å². The Morgan fingerprint density at radius 3 is 2.27 bits per heavy atom. The molecule has 2 aromatic heterocycles. The summed E-state index contributed by atoms with van der Waals surface area (Å²) in [5, 5.41) is 7.56. The van der Waals surface area contributed by atoms with Gasteiger partial charge in [-0.1, -0.05) is 18.6 Å². The van der Waals surface area contributed by atoms with Crippen LogP contribution in [0.25, 0.3) is 17.2 Å². The van der Waals surface area contributed by atoms with Gasteiger partial charge in [0.05, 0.1) is 26.6 Å². The third-order valence-corrected chi connectivity index (χ3v) is 7.98. The van der Waals surface area contributed by atoms with Crippen molar-refractivity contribution in [1.29, 1.82) is 0 Å². The van der Waals surface area contributed by atoms with Crippen LogP contribution in [0.1, 0.15) is 33.3 Å². The van der Waals surface area contributed by atoms with E-state index in [2.05, 4.69) is 36.6 Å². The first-order chi connectivity index (χ1) is 19.0. The Labute approximate surface area is 234 Å². The van der Waals surface area contributed by atoms with E-state index in [4.69, 9.17) is 14.2 Å². The zero-order chi connectivity index (χ0) is 29.6. The lowest BCUT2D eigenvalue weighted by Gasteiger charge is -2.21. The fourth-order valence-electron chi connectivity index (χ4n) is 3.83. The van der Waals surface area contributed by atoms with E-state index >= 15 is 0 Å². The molecule has 3 rings (SSSR count). The average Bonchev–Trinajstić information content (AvgIpc) is 3.33. The molecule has 2 heterocycles. The summed E-state index contributed by atoms with van der Waals surface area (Å²) in [4.78, 5) is 12.8. The third kappa shape index (κ3) is 6.47. The second-order valence-electron chi connectivity index (χ2n) is 9.26. The van der Waals surface area contributed by atoms with Crippen molar-refractivity contribution >= 4 is 28.5 Å². The number of rotatable bonds is 11. The van der Waals surface area contributed by atoms with Gasteiger partial charge in [-0.25, -0.2) is 23.4 Å². The Balaban J connectivity index is 2.21. The van der Waals surface area contributed by atoms with Gasteiger partial charge in [0, 0.05) is 18.2 Å². The fourth-order valence-corrected chi connectivity index (χ4v) is 5.06. The van der Waals surface area contributed by atoms with Gasteiger partial charge in [0.15, 0.2) is 5.82 Å². The van der Waals surface area contributed by atoms with E-state index in [1.807, 2.05) is 20.8 Å². The Bertz CT molecular complexity index is 1520. The van der Waals surface area contributed by atoms with E-state index in [0.717, 1.165) is 11.1 Å². The Morgan fingerprint density at radius 1 is 1.07 bits per heavy atom. The maximum atomic E-state index is 13.7. The van der Waals surface area contributed by atoms with Crippen LogP contribution >= 0.6 is 0 Å². The first-order valence-electron chi connectivity index (χ1n) is 12.4. The van der Waals surface area contributed by atoms with Crippen LogP contribution in [-0.4, -0.2) is 67.3 Å². The lowest BCUT2D eigenvalue weighted by atomic mass is 10.1. The molecule has 0 aliphatic carbocycles. The van der Waals surface area contributed by atoms with Crippen LogP contribution < -0.4 is 18.9 Å². The molecule has 0 aliphatic rings. The fraction of sp³-hybridized carbons (Fsp3) is 0.370. The number of anilines is 1. The summed E-state index contributed by atoms with van der Waals surface area (Å²) in [6.07, 6.45) is 1.62. The topological polar surface area (TPSA) is 142 Å². The minimum Gasteiger partial charge on any atom is -0.494 e. The van der Waals surface area contributed by atoms with E-state index in [1.54, 1.807) is 50.4 Å². The predicted molar refractivity (Wildman–Crippen MR) is 157 cm³/mol. The van der Waals surface area contributed by atoms with Crippen molar-refractivity contribution in [3.8, 4) is 34.6 Å². The molecule has 0 aliphatic heterocycles. The number of aryl methyl sites for hydroxylation is 1. The van der Waals surface area contributed by atoms with E-state index in [9.17, 15) is 8.42 Å². The molecule has 40 heavy (non-hydrogen) atoms. The summed E-state index contributed by atoms with van der Waals surface area (Å²) < 4.78 is 48.0. The Hall–Kier alpha value is -4.26. The van der Waals surface area contributed by atoms with Crippen LogP contribution in [0, 0.1) is 12.8 Å². The molecule has 0 saturated heterocycles. The number of hydrogen-bond acceptors (Lipinski definition) is 9. The Morgan fingerprint density at radius 2 is 1.73 bits per heavy atom. The van der Waals surface area contributed by atoms with E-state index < -0.39 is 21.2 Å². The smallest absolute Gasteiger partial charge is 0.243 e. The van der Waals surface area contributed by atoms with Crippen molar-refractivity contribution in [3.05, 3.63) is 47.7 Å². The van der Waals surface area contributed by atoms with Gasteiger partial charge >= 0.3 is 0 Å². The lowest BCUT2D eigenvalue weighted by molar-refractivity contribution is 0.391. The van der Waals surface area contributed by atoms with Gasteiger partial charge in [-0.15, -0.1) is 10.2 Å². The second-order valence-corrected chi connectivity index (χ2v) is 11.3. The highest BCUT2D eigenvalue weighted by Gasteiger charge is 2.33. The molecule has 214 valence electrons. The zero-order valence-electron chi connectivity index (χ0n) is 24.0. The van der Waals surface area contributed by atoms with Gasteiger partial charge in [-0.05, 0) is 58.2 Å². The highest BCUT2D eigenvalue weighted by molar-refractivity contribution is 7.93. The number of aliphatic imine (C=N–C) groups is 2. The molecule has 0 amide bonds. The van der Waals surface area contributed by atoms with Crippen LogP contribution in [0.15, 0.2) is 52.1 Å². The summed E-state index contributed by atoms with van der Waals surface area (Å²) in [6.45, 7) is 12.5. The van der Waals surface area contributed by atoms with Crippen molar-refractivity contribution in [2.24, 2.45) is 15.9 Å². The standard InChI is InChI=1S/C27H35N7O5S/c1-16(2)15-29-25(28-6)18(4)19(5)40(35,36)33-27-32-31-26(20-13-17(3)14-23(30-20)39-9)34(27)24-21(37-7)11-10-12-22(24)38-8/h10-15,18-19H,6H2,1-5,7-9H3,(H,32,33)/b29-25-/t18-,19-/m0/s1. The monoisotopic (exact) mass is 569 g/mol. The van der Waals surface area contributed by atoms with Gasteiger partial charge in [0.2, 0.25) is 21.9 Å². The van der Waals surface area contributed by atoms with Gasteiger partial charge in [-0.2, -0.15) is 0 Å². The van der Waals surface area contributed by atoms with Gasteiger partial charge in [-0.3, -0.25) is 9.29 Å². The molecule has 1 N–H and O–H groups in total. The maximum absolute atomic E-state index is 13.7. The number of allylic oxidation sites excluding steroid dienone is 1. The average molecular weight is 570 g/mol.